The number of amides is 2. The van der Waals surface area contributed by atoms with E-state index in [0.717, 1.165) is 41.4 Å². The molecule has 0 unspecified atom stereocenters. The van der Waals surface area contributed by atoms with Crippen molar-refractivity contribution in [1.29, 1.82) is 0 Å². The van der Waals surface area contributed by atoms with Crippen LogP contribution < -0.4 is 16.0 Å². The summed E-state index contributed by atoms with van der Waals surface area (Å²) in [6, 6.07) is 5.49. The van der Waals surface area contributed by atoms with Gasteiger partial charge in [0.1, 0.15) is 6.04 Å². The topological polar surface area (TPSA) is 83.1 Å². The highest BCUT2D eigenvalue weighted by Gasteiger charge is 2.57. The van der Waals surface area contributed by atoms with Crippen molar-refractivity contribution in [1.82, 2.24) is 15.6 Å². The van der Waals surface area contributed by atoms with Crippen LogP contribution in [0.25, 0.3) is 0 Å². The summed E-state index contributed by atoms with van der Waals surface area (Å²) in [6.07, 6.45) is 8.09. The van der Waals surface area contributed by atoms with Gasteiger partial charge in [-0.1, -0.05) is 11.6 Å². The van der Waals surface area contributed by atoms with Crippen LogP contribution in [0, 0.1) is 18.3 Å². The number of carbonyl (C=O) groups excluding carboxylic acids is 2. The molecule has 2 heterocycles. The maximum Gasteiger partial charge on any atom is 0.262 e. The highest BCUT2D eigenvalue weighted by Crippen LogP contribution is 2.66. The molecular weight excluding hydrogens is 444 g/mol. The maximum absolute atomic E-state index is 13.0. The van der Waals surface area contributed by atoms with E-state index in [1.54, 1.807) is 6.20 Å². The fraction of sp³-hybridized carbons (Fsp3) is 0.542. The summed E-state index contributed by atoms with van der Waals surface area (Å²) in [7, 11) is 0. The van der Waals surface area contributed by atoms with Crippen LogP contribution in [0.3, 0.4) is 0 Å². The first kappa shape index (κ1) is 21.7. The van der Waals surface area contributed by atoms with Crippen molar-refractivity contribution in [2.75, 3.05) is 5.32 Å². The Hall–Kier alpha value is -2.12. The van der Waals surface area contributed by atoms with E-state index in [2.05, 4.69) is 20.9 Å². The van der Waals surface area contributed by atoms with Crippen molar-refractivity contribution in [3.63, 3.8) is 0 Å². The van der Waals surface area contributed by atoms with Gasteiger partial charge in [0.05, 0.1) is 27.3 Å². The minimum absolute atomic E-state index is 0.00439. The first-order chi connectivity index (χ1) is 15.3. The number of hydrogen-bond donors (Lipinski definition) is 3. The normalized spacial score (nSPS) is 25.2. The van der Waals surface area contributed by atoms with E-state index < -0.39 is 6.04 Å². The Morgan fingerprint density at radius 2 is 2.03 bits per heavy atom. The van der Waals surface area contributed by atoms with Gasteiger partial charge in [-0.3, -0.25) is 14.6 Å². The number of aromatic nitrogens is 1. The van der Waals surface area contributed by atoms with Gasteiger partial charge in [-0.25, -0.2) is 0 Å². The Bertz CT molecular complexity index is 1030. The molecule has 2 amide bonds. The van der Waals surface area contributed by atoms with Crippen LogP contribution >= 0.6 is 22.9 Å². The van der Waals surface area contributed by atoms with E-state index in [1.807, 2.05) is 32.0 Å². The quantitative estimate of drug-likeness (QED) is 0.487. The number of pyridine rings is 1. The number of halogens is 1. The van der Waals surface area contributed by atoms with Gasteiger partial charge in [0.2, 0.25) is 5.91 Å². The van der Waals surface area contributed by atoms with Crippen LogP contribution in [0.5, 0.6) is 0 Å². The molecule has 0 saturated heterocycles. The average molecular weight is 473 g/mol. The minimum atomic E-state index is -0.453. The molecule has 4 fully saturated rings. The summed E-state index contributed by atoms with van der Waals surface area (Å²) in [6.45, 7) is 3.97. The SMILES string of the molecule is Cc1ncc(Cl)cc1N[C@@H](C)c1ccc(C(=O)N[C@@H](CC23CC(C2)C3)C(=O)NC2CC2)s1. The molecule has 0 spiro atoms. The highest BCUT2D eigenvalue weighted by atomic mass is 35.5. The Morgan fingerprint density at radius 1 is 1.28 bits per heavy atom. The Labute approximate surface area is 197 Å². The number of hydrogen-bond acceptors (Lipinski definition) is 5. The Morgan fingerprint density at radius 3 is 2.69 bits per heavy atom. The predicted molar refractivity (Wildman–Crippen MR) is 127 cm³/mol. The van der Waals surface area contributed by atoms with Gasteiger partial charge in [-0.05, 0) is 81.9 Å². The van der Waals surface area contributed by atoms with Crippen molar-refractivity contribution in [3.8, 4) is 0 Å². The van der Waals surface area contributed by atoms with E-state index in [4.69, 9.17) is 11.6 Å². The second kappa shape index (κ2) is 8.34. The van der Waals surface area contributed by atoms with Gasteiger partial charge >= 0.3 is 0 Å². The van der Waals surface area contributed by atoms with Gasteiger partial charge in [0.25, 0.3) is 5.91 Å². The number of rotatable bonds is 9. The van der Waals surface area contributed by atoms with Crippen LogP contribution in [0.15, 0.2) is 24.4 Å². The number of carbonyl (C=O) groups is 2. The van der Waals surface area contributed by atoms with Crippen molar-refractivity contribution in [2.24, 2.45) is 11.3 Å². The van der Waals surface area contributed by atoms with Crippen LogP contribution in [-0.4, -0.2) is 28.9 Å². The average Bonchev–Trinajstić information content (AvgIpc) is 3.36. The van der Waals surface area contributed by atoms with E-state index in [-0.39, 0.29) is 23.3 Å². The lowest BCUT2D eigenvalue weighted by atomic mass is 9.43. The van der Waals surface area contributed by atoms with Crippen molar-refractivity contribution >= 4 is 40.4 Å². The summed E-state index contributed by atoms with van der Waals surface area (Å²) in [4.78, 5) is 31.8. The molecule has 2 atom stereocenters. The summed E-state index contributed by atoms with van der Waals surface area (Å²) < 4.78 is 0. The zero-order valence-corrected chi connectivity index (χ0v) is 20.0. The fourth-order valence-corrected chi connectivity index (χ4v) is 6.05. The summed E-state index contributed by atoms with van der Waals surface area (Å²) in [5, 5.41) is 10.1. The lowest BCUT2D eigenvalue weighted by molar-refractivity contribution is -0.136. The molecule has 2 aromatic rings. The molecule has 4 aliphatic rings. The molecule has 170 valence electrons. The monoisotopic (exact) mass is 472 g/mol. The molecule has 0 aliphatic heterocycles. The van der Waals surface area contributed by atoms with Gasteiger partial charge in [-0.2, -0.15) is 0 Å². The first-order valence-corrected chi connectivity index (χ1v) is 12.6. The largest absolute Gasteiger partial charge is 0.376 e. The molecular formula is C24H29ClN4O2S. The molecule has 2 bridgehead atoms. The number of nitrogens with one attached hydrogen (secondary N) is 3. The van der Waals surface area contributed by atoms with Crippen LogP contribution in [-0.2, 0) is 4.79 Å². The minimum Gasteiger partial charge on any atom is -0.376 e. The van der Waals surface area contributed by atoms with E-state index >= 15 is 0 Å². The molecule has 2 aromatic heterocycles. The van der Waals surface area contributed by atoms with E-state index in [0.29, 0.717) is 15.9 Å². The van der Waals surface area contributed by atoms with Crippen LogP contribution in [0.1, 0.15) is 71.7 Å². The zero-order chi connectivity index (χ0) is 22.5. The standard InChI is InChI=1S/C24H29ClN4O2S/c1-13-18(7-16(25)12-26-13)27-14(2)20-5-6-21(32-20)23(31)29-19(22(30)28-17-3-4-17)11-24-8-15(9-24)10-24/h5-7,12,14-15,17,19,27H,3-4,8-11H2,1-2H3,(H,28,30)(H,29,31)/t14-,15?,19-,24?/m0/s1. The third-order valence-corrected chi connectivity index (χ3v) is 8.52. The molecule has 8 heteroatoms. The predicted octanol–water partition coefficient (Wildman–Crippen LogP) is 4.85. The molecule has 0 aromatic carbocycles. The molecule has 3 N–H and O–H groups in total. The number of anilines is 1. The van der Waals surface area contributed by atoms with E-state index in [1.165, 1.54) is 30.6 Å². The van der Waals surface area contributed by atoms with Crippen molar-refractivity contribution in [3.05, 3.63) is 44.9 Å². The number of nitrogens with zero attached hydrogens (tertiary/aromatic N) is 1. The van der Waals surface area contributed by atoms with E-state index in [9.17, 15) is 9.59 Å². The van der Waals surface area contributed by atoms with Gasteiger partial charge < -0.3 is 16.0 Å². The molecule has 32 heavy (non-hydrogen) atoms. The third-order valence-electron chi connectivity index (χ3n) is 7.05. The number of thiophene rings is 1. The Balaban J connectivity index is 1.24. The van der Waals surface area contributed by atoms with Gasteiger partial charge in [-0.15, -0.1) is 11.3 Å². The molecule has 4 aliphatic carbocycles. The second-order valence-corrected chi connectivity index (χ2v) is 11.4. The molecule has 4 saturated carbocycles. The fourth-order valence-electron chi connectivity index (χ4n) is 4.97. The smallest absolute Gasteiger partial charge is 0.262 e. The van der Waals surface area contributed by atoms with Gasteiger partial charge in [0, 0.05) is 17.1 Å². The van der Waals surface area contributed by atoms with Crippen LogP contribution in [0.2, 0.25) is 5.02 Å². The lowest BCUT2D eigenvalue weighted by Gasteiger charge is -2.63. The third kappa shape index (κ3) is 4.50. The summed E-state index contributed by atoms with van der Waals surface area (Å²) in [5.41, 5.74) is 2.03. The van der Waals surface area contributed by atoms with Crippen molar-refractivity contribution in [2.45, 2.75) is 70.5 Å². The number of aryl methyl sites for hydroxylation is 1. The maximum atomic E-state index is 13.0. The summed E-state index contributed by atoms with van der Waals surface area (Å²) in [5.74, 6) is 0.655. The first-order valence-electron chi connectivity index (χ1n) is 11.4. The highest BCUT2D eigenvalue weighted by molar-refractivity contribution is 7.14. The lowest BCUT2D eigenvalue weighted by Crippen LogP contribution is -2.58. The zero-order valence-electron chi connectivity index (χ0n) is 18.4. The molecule has 6 rings (SSSR count). The second-order valence-electron chi connectivity index (χ2n) is 9.85. The Kier molecular flexibility index (Phi) is 5.66. The molecule has 6 nitrogen and oxygen atoms in total. The summed E-state index contributed by atoms with van der Waals surface area (Å²) >= 11 is 7.53. The molecule has 0 radical (unpaired) electrons. The van der Waals surface area contributed by atoms with Gasteiger partial charge in [0.15, 0.2) is 0 Å². The van der Waals surface area contributed by atoms with Crippen LogP contribution in [0.4, 0.5) is 5.69 Å². The van der Waals surface area contributed by atoms with Crippen molar-refractivity contribution < 1.29 is 9.59 Å².